The summed E-state index contributed by atoms with van der Waals surface area (Å²) in [4.78, 5) is 0. The largest absolute Gasteiger partial charge is 0.489 e. The molecule has 0 saturated heterocycles. The first kappa shape index (κ1) is 13.5. The van der Waals surface area contributed by atoms with Crippen LogP contribution >= 0.6 is 0 Å². The van der Waals surface area contributed by atoms with E-state index in [9.17, 15) is 0 Å². The molecule has 0 aliphatic carbocycles. The van der Waals surface area contributed by atoms with Crippen molar-refractivity contribution in [2.24, 2.45) is 0 Å². The van der Waals surface area contributed by atoms with Crippen molar-refractivity contribution in [2.45, 2.75) is 32.8 Å². The van der Waals surface area contributed by atoms with Gasteiger partial charge >= 0.3 is 0 Å². The lowest BCUT2D eigenvalue weighted by molar-refractivity contribution is 0.306. The molecule has 2 heteroatoms. The van der Waals surface area contributed by atoms with Crippen molar-refractivity contribution < 1.29 is 4.74 Å². The predicted octanol–water partition coefficient (Wildman–Crippen LogP) is 4.36. The molecule has 2 nitrogen and oxygen atoms in total. The molecular weight excluding hydrogens is 234 g/mol. The van der Waals surface area contributed by atoms with Crippen LogP contribution in [-0.2, 0) is 6.61 Å². The molecule has 1 atom stereocenters. The molecule has 0 bridgehead atoms. The average molecular weight is 255 g/mol. The highest BCUT2D eigenvalue weighted by atomic mass is 16.5. The molecule has 0 aliphatic heterocycles. The maximum absolute atomic E-state index is 5.76. The van der Waals surface area contributed by atoms with E-state index in [0.717, 1.165) is 23.4 Å². The smallest absolute Gasteiger partial charge is 0.119 e. The molecule has 0 heterocycles. The molecular formula is C17H21NO. The fourth-order valence-electron chi connectivity index (χ4n) is 1.98. The molecule has 0 saturated carbocycles. The number of benzene rings is 2. The van der Waals surface area contributed by atoms with E-state index in [1.165, 1.54) is 5.56 Å². The normalized spacial score (nSPS) is 12.1. The number of nitrogens with two attached hydrogens (primary N) is 1. The van der Waals surface area contributed by atoms with Crippen molar-refractivity contribution in [3.63, 3.8) is 0 Å². The first-order valence-corrected chi connectivity index (χ1v) is 6.76. The lowest BCUT2D eigenvalue weighted by atomic mass is 9.99. The van der Waals surface area contributed by atoms with Gasteiger partial charge in [0, 0.05) is 5.69 Å². The minimum atomic E-state index is 0.549. The van der Waals surface area contributed by atoms with Crippen LogP contribution in [-0.4, -0.2) is 0 Å². The number of ether oxygens (including phenoxy) is 1. The summed E-state index contributed by atoms with van der Waals surface area (Å²) < 4.78 is 5.76. The Morgan fingerprint density at radius 3 is 2.47 bits per heavy atom. The molecule has 2 N–H and O–H groups in total. The Bertz CT molecular complexity index is 519. The predicted molar refractivity (Wildman–Crippen MR) is 80.3 cm³/mol. The van der Waals surface area contributed by atoms with Gasteiger partial charge in [0.2, 0.25) is 0 Å². The van der Waals surface area contributed by atoms with Gasteiger partial charge in [-0.2, -0.15) is 0 Å². The van der Waals surface area contributed by atoms with Crippen molar-refractivity contribution in [3.05, 3.63) is 59.7 Å². The van der Waals surface area contributed by atoms with Crippen LogP contribution < -0.4 is 10.5 Å². The summed E-state index contributed by atoms with van der Waals surface area (Å²) in [6.45, 7) is 4.99. The first-order valence-electron chi connectivity index (χ1n) is 6.76. The molecule has 2 aromatic carbocycles. The summed E-state index contributed by atoms with van der Waals surface area (Å²) in [5.41, 5.74) is 8.96. The second-order valence-corrected chi connectivity index (χ2v) is 4.91. The molecule has 0 radical (unpaired) electrons. The van der Waals surface area contributed by atoms with Crippen LogP contribution in [0.1, 0.15) is 37.3 Å². The lowest BCUT2D eigenvalue weighted by Crippen LogP contribution is -1.97. The molecule has 100 valence electrons. The first-order chi connectivity index (χ1) is 9.19. The Hall–Kier alpha value is -1.96. The topological polar surface area (TPSA) is 35.2 Å². The van der Waals surface area contributed by atoms with Gasteiger partial charge in [-0.3, -0.25) is 0 Å². The molecule has 2 rings (SSSR count). The number of nitrogen functional groups attached to an aromatic ring is 1. The minimum Gasteiger partial charge on any atom is -0.489 e. The Morgan fingerprint density at radius 1 is 1.11 bits per heavy atom. The summed E-state index contributed by atoms with van der Waals surface area (Å²) in [7, 11) is 0. The third-order valence-corrected chi connectivity index (χ3v) is 3.42. The summed E-state index contributed by atoms with van der Waals surface area (Å²) in [5, 5.41) is 0. The van der Waals surface area contributed by atoms with Crippen LogP contribution in [0.3, 0.4) is 0 Å². The third-order valence-electron chi connectivity index (χ3n) is 3.42. The zero-order valence-electron chi connectivity index (χ0n) is 11.6. The van der Waals surface area contributed by atoms with Crippen molar-refractivity contribution in [2.75, 3.05) is 5.73 Å². The Labute approximate surface area is 115 Å². The fourth-order valence-corrected chi connectivity index (χ4v) is 1.98. The number of anilines is 1. The van der Waals surface area contributed by atoms with Crippen LogP contribution in [0.15, 0.2) is 48.5 Å². The van der Waals surface area contributed by atoms with E-state index in [1.54, 1.807) is 0 Å². The molecule has 19 heavy (non-hydrogen) atoms. The van der Waals surface area contributed by atoms with E-state index in [4.69, 9.17) is 10.5 Å². The van der Waals surface area contributed by atoms with Gasteiger partial charge in [0.05, 0.1) is 0 Å². The van der Waals surface area contributed by atoms with Crippen LogP contribution in [0.2, 0.25) is 0 Å². The maximum atomic E-state index is 5.76. The van der Waals surface area contributed by atoms with Crippen LogP contribution in [0.5, 0.6) is 5.75 Å². The zero-order chi connectivity index (χ0) is 13.7. The highest BCUT2D eigenvalue weighted by Gasteiger charge is 2.03. The summed E-state index contributed by atoms with van der Waals surface area (Å²) in [6, 6.07) is 16.1. The van der Waals surface area contributed by atoms with Crippen molar-refractivity contribution in [1.29, 1.82) is 0 Å². The quantitative estimate of drug-likeness (QED) is 0.806. The Kier molecular flexibility index (Phi) is 4.45. The monoisotopic (exact) mass is 255 g/mol. The van der Waals surface area contributed by atoms with Crippen molar-refractivity contribution in [3.8, 4) is 5.75 Å². The van der Waals surface area contributed by atoms with E-state index in [0.29, 0.717) is 12.5 Å². The average Bonchev–Trinajstić information content (AvgIpc) is 2.45. The molecule has 0 aliphatic rings. The van der Waals surface area contributed by atoms with E-state index in [2.05, 4.69) is 26.0 Å². The summed E-state index contributed by atoms with van der Waals surface area (Å²) in [6.07, 6.45) is 1.16. The number of hydrogen-bond acceptors (Lipinski definition) is 2. The maximum Gasteiger partial charge on any atom is 0.119 e. The van der Waals surface area contributed by atoms with Crippen molar-refractivity contribution >= 4 is 5.69 Å². The van der Waals surface area contributed by atoms with Crippen LogP contribution in [0, 0.1) is 0 Å². The second-order valence-electron chi connectivity index (χ2n) is 4.91. The van der Waals surface area contributed by atoms with Crippen molar-refractivity contribution in [1.82, 2.24) is 0 Å². The minimum absolute atomic E-state index is 0.549. The van der Waals surface area contributed by atoms with Gasteiger partial charge in [0.15, 0.2) is 0 Å². The number of hydrogen-bond donors (Lipinski definition) is 1. The zero-order valence-corrected chi connectivity index (χ0v) is 11.6. The van der Waals surface area contributed by atoms with Gasteiger partial charge in [0.25, 0.3) is 0 Å². The van der Waals surface area contributed by atoms with E-state index < -0.39 is 0 Å². The molecule has 0 amide bonds. The van der Waals surface area contributed by atoms with Gasteiger partial charge < -0.3 is 10.5 Å². The Balaban J connectivity index is 1.96. The van der Waals surface area contributed by atoms with E-state index in [1.807, 2.05) is 36.4 Å². The number of rotatable bonds is 5. The van der Waals surface area contributed by atoms with Gasteiger partial charge in [-0.15, -0.1) is 0 Å². The molecule has 1 unspecified atom stereocenters. The summed E-state index contributed by atoms with van der Waals surface area (Å²) in [5.74, 6) is 1.50. The van der Waals surface area contributed by atoms with E-state index >= 15 is 0 Å². The highest BCUT2D eigenvalue weighted by Crippen LogP contribution is 2.22. The lowest BCUT2D eigenvalue weighted by Gasteiger charge is -2.11. The highest BCUT2D eigenvalue weighted by molar-refractivity contribution is 5.40. The molecule has 0 spiro atoms. The summed E-state index contributed by atoms with van der Waals surface area (Å²) >= 11 is 0. The molecule has 2 aromatic rings. The SMILES string of the molecule is CCC(C)c1ccc(OCc2cccc(N)c2)cc1. The van der Waals surface area contributed by atoms with Gasteiger partial charge in [-0.1, -0.05) is 38.1 Å². The van der Waals surface area contributed by atoms with Crippen LogP contribution in [0.25, 0.3) is 0 Å². The molecule has 0 fully saturated rings. The van der Waals surface area contributed by atoms with Gasteiger partial charge in [-0.05, 0) is 47.7 Å². The molecule has 0 aromatic heterocycles. The second kappa shape index (κ2) is 6.28. The van der Waals surface area contributed by atoms with E-state index in [-0.39, 0.29) is 0 Å². The van der Waals surface area contributed by atoms with Gasteiger partial charge in [-0.25, -0.2) is 0 Å². The van der Waals surface area contributed by atoms with Gasteiger partial charge in [0.1, 0.15) is 12.4 Å². The standard InChI is InChI=1S/C17H21NO/c1-3-13(2)15-7-9-17(10-8-15)19-12-14-5-4-6-16(18)11-14/h4-11,13H,3,12,18H2,1-2H3. The Morgan fingerprint density at radius 2 is 1.84 bits per heavy atom. The fraction of sp³-hybridized carbons (Fsp3) is 0.294. The van der Waals surface area contributed by atoms with Crippen LogP contribution in [0.4, 0.5) is 5.69 Å². The third kappa shape index (κ3) is 3.75.